The van der Waals surface area contributed by atoms with Crippen molar-refractivity contribution in [2.45, 2.75) is 41.5 Å². The van der Waals surface area contributed by atoms with Gasteiger partial charge in [0.15, 0.2) is 5.16 Å². The molecule has 0 radical (unpaired) electrons. The van der Waals surface area contributed by atoms with Gasteiger partial charge in [0.1, 0.15) is 0 Å². The smallest absolute Gasteiger partial charge is 0.243 e. The van der Waals surface area contributed by atoms with Crippen LogP contribution in [0, 0.1) is 0 Å². The predicted molar refractivity (Wildman–Crippen MR) is 119 cm³/mol. The first-order chi connectivity index (χ1) is 14.4. The van der Waals surface area contributed by atoms with E-state index in [4.69, 9.17) is 0 Å². The molecule has 1 saturated heterocycles. The van der Waals surface area contributed by atoms with Gasteiger partial charge in [0.2, 0.25) is 15.9 Å². The number of H-pyrrole nitrogens is 1. The fourth-order valence-corrected chi connectivity index (χ4v) is 5.82. The lowest BCUT2D eigenvalue weighted by Gasteiger charge is -2.26. The number of nitrogens with zero attached hydrogens (tertiary/aromatic N) is 2. The highest BCUT2D eigenvalue weighted by atomic mass is 32.2. The Morgan fingerprint density at radius 1 is 1.13 bits per heavy atom. The summed E-state index contributed by atoms with van der Waals surface area (Å²) in [6, 6.07) is 14.1. The Bertz CT molecular complexity index is 1120. The lowest BCUT2D eigenvalue weighted by atomic mass is 10.2. The molecular weight excluding hydrogens is 420 g/mol. The van der Waals surface area contributed by atoms with Crippen LogP contribution in [0.25, 0.3) is 11.0 Å². The van der Waals surface area contributed by atoms with Crippen LogP contribution in [-0.2, 0) is 14.8 Å². The van der Waals surface area contributed by atoms with Crippen molar-refractivity contribution in [1.82, 2.24) is 14.3 Å². The molecule has 4 rings (SSSR count). The molecule has 158 valence electrons. The van der Waals surface area contributed by atoms with Gasteiger partial charge >= 0.3 is 0 Å². The second-order valence-corrected chi connectivity index (χ2v) is 10.6. The Labute approximate surface area is 180 Å². The normalized spacial score (nSPS) is 16.4. The van der Waals surface area contributed by atoms with Gasteiger partial charge in [-0.3, -0.25) is 4.79 Å². The number of fused-ring (bicyclic) bond motifs is 1. The molecule has 30 heavy (non-hydrogen) atoms. The van der Waals surface area contributed by atoms with Crippen molar-refractivity contribution in [2.75, 3.05) is 18.4 Å². The maximum atomic E-state index is 12.9. The molecule has 2 N–H and O–H groups in total. The first-order valence-electron chi connectivity index (χ1n) is 9.96. The van der Waals surface area contributed by atoms with E-state index < -0.39 is 15.3 Å². The third-order valence-corrected chi connectivity index (χ3v) is 7.96. The Morgan fingerprint density at radius 2 is 1.90 bits per heavy atom. The summed E-state index contributed by atoms with van der Waals surface area (Å²) >= 11 is 1.32. The molecule has 0 aliphatic carbocycles. The van der Waals surface area contributed by atoms with Crippen LogP contribution in [0.5, 0.6) is 0 Å². The Balaban J connectivity index is 1.44. The molecule has 9 heteroatoms. The van der Waals surface area contributed by atoms with Crippen molar-refractivity contribution < 1.29 is 13.2 Å². The number of carbonyl (C=O) groups is 1. The van der Waals surface area contributed by atoms with E-state index in [1.54, 1.807) is 25.1 Å². The Kier molecular flexibility index (Phi) is 6.12. The highest BCUT2D eigenvalue weighted by Gasteiger charge is 2.26. The SMILES string of the molecule is CC(Sc1nc2ccccc2[nH]1)C(=O)Nc1cccc(S(=O)(=O)N2CCCCC2)c1. The Morgan fingerprint density at radius 3 is 2.67 bits per heavy atom. The predicted octanol–water partition coefficient (Wildman–Crippen LogP) is 3.86. The lowest BCUT2D eigenvalue weighted by molar-refractivity contribution is -0.115. The molecule has 1 aliphatic rings. The highest BCUT2D eigenvalue weighted by molar-refractivity contribution is 8.00. The van der Waals surface area contributed by atoms with Crippen LogP contribution in [0.1, 0.15) is 26.2 Å². The number of carbonyl (C=O) groups excluding carboxylic acids is 1. The van der Waals surface area contributed by atoms with E-state index >= 15 is 0 Å². The number of aromatic amines is 1. The van der Waals surface area contributed by atoms with Crippen LogP contribution < -0.4 is 5.32 Å². The van der Waals surface area contributed by atoms with Gasteiger partial charge in [-0.1, -0.05) is 36.4 Å². The second-order valence-electron chi connectivity index (χ2n) is 7.30. The monoisotopic (exact) mass is 444 g/mol. The molecular formula is C21H24N4O3S2. The number of sulfonamides is 1. The zero-order valence-electron chi connectivity index (χ0n) is 16.7. The first-order valence-corrected chi connectivity index (χ1v) is 12.3. The van der Waals surface area contributed by atoms with Crippen molar-refractivity contribution in [3.8, 4) is 0 Å². The summed E-state index contributed by atoms with van der Waals surface area (Å²) in [4.78, 5) is 20.5. The minimum absolute atomic E-state index is 0.208. The molecule has 1 amide bonds. The zero-order valence-corrected chi connectivity index (χ0v) is 18.3. The fourth-order valence-electron chi connectivity index (χ4n) is 3.44. The molecule has 1 unspecified atom stereocenters. The van der Waals surface area contributed by atoms with Gasteiger partial charge in [-0.2, -0.15) is 4.31 Å². The quantitative estimate of drug-likeness (QED) is 0.563. The molecule has 0 bridgehead atoms. The van der Waals surface area contributed by atoms with Gasteiger partial charge in [0, 0.05) is 18.8 Å². The van der Waals surface area contributed by atoms with Crippen LogP contribution >= 0.6 is 11.8 Å². The molecule has 1 aromatic heterocycles. The van der Waals surface area contributed by atoms with Crippen LogP contribution in [0.2, 0.25) is 0 Å². The van der Waals surface area contributed by atoms with Crippen LogP contribution in [0.15, 0.2) is 58.6 Å². The molecule has 1 atom stereocenters. The van der Waals surface area contributed by atoms with Crippen molar-refractivity contribution in [3.05, 3.63) is 48.5 Å². The molecule has 3 aromatic rings. The number of aromatic nitrogens is 2. The molecule has 2 aromatic carbocycles. The number of para-hydroxylation sites is 2. The Hall–Kier alpha value is -2.36. The van der Waals surface area contributed by atoms with E-state index in [2.05, 4.69) is 15.3 Å². The number of imidazole rings is 1. The maximum Gasteiger partial charge on any atom is 0.243 e. The van der Waals surface area contributed by atoms with Gasteiger partial charge < -0.3 is 10.3 Å². The van der Waals surface area contributed by atoms with Gasteiger partial charge in [0.25, 0.3) is 0 Å². The third-order valence-electron chi connectivity index (χ3n) is 5.08. The molecule has 1 aliphatic heterocycles. The summed E-state index contributed by atoms with van der Waals surface area (Å²) in [6.45, 7) is 2.88. The summed E-state index contributed by atoms with van der Waals surface area (Å²) in [5, 5.41) is 3.08. The van der Waals surface area contributed by atoms with Crippen molar-refractivity contribution >= 4 is 44.4 Å². The lowest BCUT2D eigenvalue weighted by Crippen LogP contribution is -2.35. The average Bonchev–Trinajstić information content (AvgIpc) is 3.17. The average molecular weight is 445 g/mol. The number of benzene rings is 2. The highest BCUT2D eigenvalue weighted by Crippen LogP contribution is 2.26. The molecule has 7 nitrogen and oxygen atoms in total. The molecule has 0 saturated carbocycles. The van der Waals surface area contributed by atoms with Crippen LogP contribution in [-0.4, -0.2) is 46.9 Å². The third kappa shape index (κ3) is 4.53. The summed E-state index contributed by atoms with van der Waals surface area (Å²) in [6.07, 6.45) is 2.82. The van der Waals surface area contributed by atoms with Gasteiger partial charge in [-0.25, -0.2) is 13.4 Å². The van der Waals surface area contributed by atoms with Gasteiger partial charge in [0.05, 0.1) is 21.2 Å². The van der Waals surface area contributed by atoms with Crippen molar-refractivity contribution in [2.24, 2.45) is 0 Å². The number of piperidine rings is 1. The van der Waals surface area contributed by atoms with Crippen molar-refractivity contribution in [3.63, 3.8) is 0 Å². The number of nitrogens with one attached hydrogen (secondary N) is 2. The molecule has 2 heterocycles. The minimum atomic E-state index is -3.54. The molecule has 0 spiro atoms. The maximum absolute atomic E-state index is 12.9. The van der Waals surface area contributed by atoms with Crippen LogP contribution in [0.4, 0.5) is 5.69 Å². The topological polar surface area (TPSA) is 95.2 Å². The standard InChI is InChI=1S/C21H24N4O3S2/c1-15(29-21-23-18-10-3-4-11-19(18)24-21)20(26)22-16-8-7-9-17(14-16)30(27,28)25-12-5-2-6-13-25/h3-4,7-11,14-15H,2,5-6,12-13H2,1H3,(H,22,26)(H,23,24). The summed E-state index contributed by atoms with van der Waals surface area (Å²) in [5.41, 5.74) is 2.24. The number of amides is 1. The summed E-state index contributed by atoms with van der Waals surface area (Å²) < 4.78 is 27.3. The summed E-state index contributed by atoms with van der Waals surface area (Å²) in [5.74, 6) is -0.215. The van der Waals surface area contributed by atoms with E-state index in [9.17, 15) is 13.2 Å². The van der Waals surface area contributed by atoms with E-state index in [1.807, 2.05) is 24.3 Å². The minimum Gasteiger partial charge on any atom is -0.333 e. The van der Waals surface area contributed by atoms with Gasteiger partial charge in [-0.15, -0.1) is 0 Å². The first kappa shape index (κ1) is 20.9. The number of thioether (sulfide) groups is 1. The zero-order chi connectivity index (χ0) is 21.1. The van der Waals surface area contributed by atoms with Crippen molar-refractivity contribution in [1.29, 1.82) is 0 Å². The summed E-state index contributed by atoms with van der Waals surface area (Å²) in [7, 11) is -3.54. The number of rotatable bonds is 6. The molecule has 1 fully saturated rings. The number of hydrogen-bond donors (Lipinski definition) is 2. The number of anilines is 1. The second kappa shape index (κ2) is 8.79. The number of hydrogen-bond acceptors (Lipinski definition) is 5. The van der Waals surface area contributed by atoms with E-state index in [0.717, 1.165) is 30.3 Å². The van der Waals surface area contributed by atoms with Crippen LogP contribution in [0.3, 0.4) is 0 Å². The van der Waals surface area contributed by atoms with E-state index in [1.165, 1.54) is 22.1 Å². The fraction of sp³-hybridized carbons (Fsp3) is 0.333. The van der Waals surface area contributed by atoms with E-state index in [-0.39, 0.29) is 10.8 Å². The van der Waals surface area contributed by atoms with E-state index in [0.29, 0.717) is 23.9 Å². The largest absolute Gasteiger partial charge is 0.333 e. The van der Waals surface area contributed by atoms with Gasteiger partial charge in [-0.05, 0) is 50.1 Å².